The number of cyclic esters (lactones) is 1. The van der Waals surface area contributed by atoms with Gasteiger partial charge in [0, 0.05) is 70.1 Å². The second kappa shape index (κ2) is 25.1. The number of Topliss-reactive ketones (excluding diaryl/α,β-unsaturated/α-hetero) is 1. The second-order valence-corrected chi connectivity index (χ2v) is 24.2. The number of carbonyl (C=O) groups is 3. The number of amides is 1. The number of rotatable bonds is 16. The first-order valence-electron chi connectivity index (χ1n) is 26.2. The van der Waals surface area contributed by atoms with E-state index >= 15 is 0 Å². The number of hydrogen-bond donors (Lipinski definition) is 4. The van der Waals surface area contributed by atoms with Crippen molar-refractivity contribution in [1.29, 1.82) is 0 Å². The van der Waals surface area contributed by atoms with E-state index in [0.717, 1.165) is 6.26 Å². The minimum atomic E-state index is -3.33. The molecule has 73 heavy (non-hydrogen) atoms. The summed E-state index contributed by atoms with van der Waals surface area (Å²) in [5.74, 6) is -4.24. The van der Waals surface area contributed by atoms with E-state index in [1.807, 2.05) is 25.8 Å². The first-order chi connectivity index (χ1) is 34.0. The van der Waals surface area contributed by atoms with Gasteiger partial charge in [-0.3, -0.25) is 14.4 Å². The summed E-state index contributed by atoms with van der Waals surface area (Å²) in [4.78, 5) is 46.1. The number of likely N-dealkylation sites (N-methyl/N-ethyl adjacent to an activating group) is 1. The van der Waals surface area contributed by atoms with Crippen molar-refractivity contribution in [2.24, 2.45) is 23.7 Å². The van der Waals surface area contributed by atoms with Gasteiger partial charge >= 0.3 is 5.97 Å². The number of aliphatic hydroxyl groups is 4. The Balaban J connectivity index is 1.35. The fraction of sp³-hybridized carbons (Fsp3) is 0.830. The van der Waals surface area contributed by atoms with Gasteiger partial charge in [0.15, 0.2) is 22.4 Å². The van der Waals surface area contributed by atoms with E-state index in [-0.39, 0.29) is 48.1 Å². The standard InChI is InChI=1S/C53H88N2O17S/c1-15-40-53(10,62)46(59)32(4)43(57)30(2)27-52(9,66-13)48(33(5)45(34(6)49(61)70-40)71-42-28-51(8,65-12)47(60)35(7)68-42)72-50-44(58)39(26-31(3)67-50)54(11)24-17-16-18-41(56)55-25-23-37(29-55)69-36-19-21-38(22-20-36)73(14,63)64/h19-22,30-35,37,39-40,42,44-48,50,58-60,62H,15-18,23-29H2,1-14H3/t30-,31-,32+,33+,34-,35+,37+,39+,40-,42+,44-,45+,46-,47+,48-,50-,51-,52-,53-/m1/s1. The van der Waals surface area contributed by atoms with E-state index in [0.29, 0.717) is 57.5 Å². The molecule has 1 amide bonds. The number of esters is 1. The molecule has 4 heterocycles. The maximum atomic E-state index is 14.5. The molecule has 0 radical (unpaired) electrons. The highest BCUT2D eigenvalue weighted by Crippen LogP contribution is 2.42. The summed E-state index contributed by atoms with van der Waals surface area (Å²) in [5.41, 5.74) is -4.43. The Bertz CT molecular complexity index is 2100. The lowest BCUT2D eigenvalue weighted by atomic mass is 9.74. The average molecular weight is 1060 g/mol. The highest BCUT2D eigenvalue weighted by atomic mass is 32.2. The normalized spacial score (nSPS) is 40.6. The second-order valence-electron chi connectivity index (χ2n) is 22.2. The van der Waals surface area contributed by atoms with Crippen molar-refractivity contribution in [2.75, 3.05) is 47.2 Å². The maximum Gasteiger partial charge on any atom is 0.311 e. The van der Waals surface area contributed by atoms with Gasteiger partial charge in [0.2, 0.25) is 5.91 Å². The molecule has 418 valence electrons. The van der Waals surface area contributed by atoms with Gasteiger partial charge in [-0.1, -0.05) is 27.7 Å². The third kappa shape index (κ3) is 14.4. The highest BCUT2D eigenvalue weighted by Gasteiger charge is 2.54. The molecule has 1 aromatic carbocycles. The molecule has 1 aromatic rings. The minimum Gasteiger partial charge on any atom is -0.489 e. The SMILES string of the molecule is CC[C@H]1OC(=O)[C@H](C)[C@@H](O[C@H]2C[C@@](C)(OC)[C@@H](O)[C@H](C)O2)[C@H](C)[C@@H](O[C@H]2O[C@H](C)C[C@H](N(C)CCCCC(=O)N3CC[C@H](Oc4ccc(S(C)(=O)=O)cc4)C3)[C@H]2O)[C@](C)(OC)C[C@@H](C)C(=O)[C@H](C)[C@@H](O)[C@]1(C)O. The molecule has 0 saturated carbocycles. The zero-order valence-corrected chi connectivity index (χ0v) is 46.5. The van der Waals surface area contributed by atoms with E-state index in [1.165, 1.54) is 40.2 Å². The number of ketones is 1. The van der Waals surface area contributed by atoms with Crippen LogP contribution < -0.4 is 4.74 Å². The van der Waals surface area contributed by atoms with Crippen molar-refractivity contribution in [1.82, 2.24) is 9.80 Å². The summed E-state index contributed by atoms with van der Waals surface area (Å²) in [6, 6.07) is 5.83. The predicted octanol–water partition coefficient (Wildman–Crippen LogP) is 4.06. The molecular formula is C53H88N2O17S. The number of ether oxygens (including phenoxy) is 8. The van der Waals surface area contributed by atoms with Crippen LogP contribution in [0.4, 0.5) is 0 Å². The first kappa shape index (κ1) is 61.0. The fourth-order valence-corrected chi connectivity index (χ4v) is 12.1. The zero-order chi connectivity index (χ0) is 54.5. The average Bonchev–Trinajstić information content (AvgIpc) is 3.82. The lowest BCUT2D eigenvalue weighted by Crippen LogP contribution is -2.61. The summed E-state index contributed by atoms with van der Waals surface area (Å²) >= 11 is 0. The van der Waals surface area contributed by atoms with E-state index in [9.17, 15) is 43.2 Å². The molecule has 0 aromatic heterocycles. The van der Waals surface area contributed by atoms with Crippen LogP contribution in [-0.2, 0) is 57.4 Å². The van der Waals surface area contributed by atoms with Gasteiger partial charge < -0.3 is 68.1 Å². The molecule has 4 aliphatic heterocycles. The number of hydrogen-bond acceptors (Lipinski definition) is 18. The Kier molecular flexibility index (Phi) is 21.0. The number of methoxy groups -OCH3 is 2. The topological polar surface area (TPSA) is 247 Å². The molecule has 4 N–H and O–H groups in total. The largest absolute Gasteiger partial charge is 0.489 e. The van der Waals surface area contributed by atoms with Gasteiger partial charge in [-0.15, -0.1) is 0 Å². The maximum absolute atomic E-state index is 14.5. The van der Waals surface area contributed by atoms with Crippen molar-refractivity contribution < 1.29 is 81.1 Å². The third-order valence-corrected chi connectivity index (χ3v) is 17.5. The van der Waals surface area contributed by atoms with Crippen LogP contribution in [0.25, 0.3) is 0 Å². The van der Waals surface area contributed by atoms with Gasteiger partial charge in [0.1, 0.15) is 41.5 Å². The minimum absolute atomic E-state index is 0.0197. The number of unbranched alkanes of at least 4 members (excludes halogenated alkanes) is 1. The summed E-state index contributed by atoms with van der Waals surface area (Å²) in [7, 11) is 1.57. The van der Waals surface area contributed by atoms with Crippen LogP contribution in [-0.4, -0.2) is 194 Å². The van der Waals surface area contributed by atoms with Crippen molar-refractivity contribution in [3.05, 3.63) is 24.3 Å². The van der Waals surface area contributed by atoms with Crippen molar-refractivity contribution in [3.8, 4) is 5.75 Å². The van der Waals surface area contributed by atoms with E-state index in [2.05, 4.69) is 0 Å². The molecule has 5 rings (SSSR count). The van der Waals surface area contributed by atoms with Crippen molar-refractivity contribution in [2.45, 2.75) is 216 Å². The molecule has 0 bridgehead atoms. The van der Waals surface area contributed by atoms with Crippen LogP contribution in [0.15, 0.2) is 29.2 Å². The Hall–Kier alpha value is -2.86. The monoisotopic (exact) mass is 1060 g/mol. The Morgan fingerprint density at radius 2 is 1.53 bits per heavy atom. The zero-order valence-electron chi connectivity index (χ0n) is 45.7. The smallest absolute Gasteiger partial charge is 0.311 e. The first-order valence-corrected chi connectivity index (χ1v) is 28.1. The van der Waals surface area contributed by atoms with Crippen LogP contribution in [0.5, 0.6) is 5.75 Å². The molecular weight excluding hydrogens is 969 g/mol. The van der Waals surface area contributed by atoms with Crippen LogP contribution in [0, 0.1) is 23.7 Å². The van der Waals surface area contributed by atoms with Gasteiger partial charge in [-0.2, -0.15) is 0 Å². The van der Waals surface area contributed by atoms with E-state index in [1.54, 1.807) is 58.6 Å². The van der Waals surface area contributed by atoms with E-state index in [4.69, 9.17) is 37.9 Å². The molecule has 4 aliphatic rings. The molecule has 4 saturated heterocycles. The Morgan fingerprint density at radius 1 is 0.890 bits per heavy atom. The highest BCUT2D eigenvalue weighted by molar-refractivity contribution is 7.90. The number of sulfone groups is 1. The molecule has 0 unspecified atom stereocenters. The summed E-state index contributed by atoms with van der Waals surface area (Å²) in [6.45, 7) is 18.5. The molecule has 0 aliphatic carbocycles. The summed E-state index contributed by atoms with van der Waals surface area (Å²) in [5, 5.41) is 46.7. The number of benzene rings is 1. The lowest BCUT2D eigenvalue weighted by Gasteiger charge is -2.50. The van der Waals surface area contributed by atoms with Gasteiger partial charge in [0.05, 0.1) is 59.1 Å². The quantitative estimate of drug-likeness (QED) is 0.135. The molecule has 4 fully saturated rings. The van der Waals surface area contributed by atoms with Gasteiger partial charge in [-0.05, 0) is 112 Å². The van der Waals surface area contributed by atoms with Gasteiger partial charge in [0.25, 0.3) is 0 Å². The lowest BCUT2D eigenvalue weighted by molar-refractivity contribution is -0.319. The van der Waals surface area contributed by atoms with Crippen LogP contribution in [0.3, 0.4) is 0 Å². The third-order valence-electron chi connectivity index (χ3n) is 16.4. The Morgan fingerprint density at radius 3 is 2.14 bits per heavy atom. The molecule has 19 atom stereocenters. The summed E-state index contributed by atoms with van der Waals surface area (Å²) < 4.78 is 74.4. The number of nitrogens with zero attached hydrogens (tertiary/aromatic N) is 2. The molecule has 0 spiro atoms. The number of likely N-dealkylation sites (tertiary alicyclic amines) is 1. The van der Waals surface area contributed by atoms with E-state index < -0.39 is 118 Å². The molecule has 19 nitrogen and oxygen atoms in total. The van der Waals surface area contributed by atoms with Crippen LogP contribution in [0.2, 0.25) is 0 Å². The number of carbonyl (C=O) groups excluding carboxylic acids is 3. The van der Waals surface area contributed by atoms with Crippen LogP contribution >= 0.6 is 0 Å². The molecule has 20 heteroatoms. The Labute approximate surface area is 433 Å². The van der Waals surface area contributed by atoms with Crippen LogP contribution in [0.1, 0.15) is 121 Å². The van der Waals surface area contributed by atoms with Gasteiger partial charge in [-0.25, -0.2) is 8.42 Å². The van der Waals surface area contributed by atoms with Crippen molar-refractivity contribution >= 4 is 27.5 Å². The predicted molar refractivity (Wildman–Crippen MR) is 269 cm³/mol. The number of aliphatic hydroxyl groups excluding tert-OH is 3. The van der Waals surface area contributed by atoms with Crippen molar-refractivity contribution in [3.63, 3.8) is 0 Å². The fourth-order valence-electron chi connectivity index (χ4n) is 11.5. The summed E-state index contributed by atoms with van der Waals surface area (Å²) in [6.07, 6.45) is -6.56.